The first-order valence-electron chi connectivity index (χ1n) is 6.39. The Morgan fingerprint density at radius 2 is 1.80 bits per heavy atom. The maximum Gasteiger partial charge on any atom is 0.151 e. The molecule has 0 saturated heterocycles. The highest BCUT2D eigenvalue weighted by molar-refractivity contribution is 8.13. The lowest BCUT2D eigenvalue weighted by atomic mass is 10.1. The van der Waals surface area contributed by atoms with Crippen LogP contribution in [0.1, 0.15) is 16.8 Å². The second kappa shape index (κ2) is 6.96. The van der Waals surface area contributed by atoms with Crippen LogP contribution >= 0.6 is 11.8 Å². The highest BCUT2D eigenvalue weighted by Gasteiger charge is 2.00. The Bertz CT molecular complexity index is 581. The predicted molar refractivity (Wildman–Crippen MR) is 86.0 cm³/mol. The van der Waals surface area contributed by atoms with Crippen molar-refractivity contribution in [3.63, 3.8) is 0 Å². The molecule has 20 heavy (non-hydrogen) atoms. The van der Waals surface area contributed by atoms with Crippen LogP contribution in [0.4, 0.5) is 5.82 Å². The van der Waals surface area contributed by atoms with E-state index in [9.17, 15) is 0 Å². The van der Waals surface area contributed by atoms with Gasteiger partial charge in [-0.1, -0.05) is 42.1 Å². The molecule has 2 aromatic rings. The standard InChI is InChI=1S/C15H18N4S/c16-14-3-1-2-13(19-14)10-12-6-4-11(5-7-12)8-9-20-15(17)18/h1-7H,8-10H2,(H2,16,19)(H3,17,18). The second-order valence-corrected chi connectivity index (χ2v) is 5.65. The Morgan fingerprint density at radius 3 is 2.45 bits per heavy atom. The average Bonchev–Trinajstić information content (AvgIpc) is 2.40. The molecule has 4 nitrogen and oxygen atoms in total. The van der Waals surface area contributed by atoms with Crippen LogP contribution in [0.2, 0.25) is 0 Å². The fourth-order valence-electron chi connectivity index (χ4n) is 1.91. The van der Waals surface area contributed by atoms with Gasteiger partial charge in [0.15, 0.2) is 5.17 Å². The highest BCUT2D eigenvalue weighted by atomic mass is 32.2. The van der Waals surface area contributed by atoms with Gasteiger partial charge in [0, 0.05) is 17.9 Å². The fraction of sp³-hybridized carbons (Fsp3) is 0.200. The van der Waals surface area contributed by atoms with Gasteiger partial charge in [-0.3, -0.25) is 5.41 Å². The molecule has 0 unspecified atom stereocenters. The molecule has 5 N–H and O–H groups in total. The minimum absolute atomic E-state index is 0.175. The van der Waals surface area contributed by atoms with Gasteiger partial charge in [0.25, 0.3) is 0 Å². The number of thioether (sulfide) groups is 1. The molecule has 0 amide bonds. The van der Waals surface area contributed by atoms with Gasteiger partial charge in [-0.2, -0.15) is 0 Å². The summed E-state index contributed by atoms with van der Waals surface area (Å²) < 4.78 is 0. The maximum absolute atomic E-state index is 7.16. The minimum atomic E-state index is 0.175. The normalized spacial score (nSPS) is 10.4. The van der Waals surface area contributed by atoms with Crippen LogP contribution in [0, 0.1) is 5.41 Å². The molecule has 1 aromatic heterocycles. The highest BCUT2D eigenvalue weighted by Crippen LogP contribution is 2.12. The van der Waals surface area contributed by atoms with Crippen LogP contribution in [0.25, 0.3) is 0 Å². The van der Waals surface area contributed by atoms with Gasteiger partial charge < -0.3 is 11.5 Å². The Morgan fingerprint density at radius 1 is 1.10 bits per heavy atom. The van der Waals surface area contributed by atoms with Gasteiger partial charge >= 0.3 is 0 Å². The molecule has 0 saturated carbocycles. The Hall–Kier alpha value is -2.01. The van der Waals surface area contributed by atoms with Crippen molar-refractivity contribution < 1.29 is 0 Å². The van der Waals surface area contributed by atoms with Crippen molar-refractivity contribution >= 4 is 22.7 Å². The molecule has 0 fully saturated rings. The number of benzene rings is 1. The lowest BCUT2D eigenvalue weighted by Gasteiger charge is -2.05. The van der Waals surface area contributed by atoms with Crippen molar-refractivity contribution in [3.05, 3.63) is 59.3 Å². The van der Waals surface area contributed by atoms with E-state index in [1.54, 1.807) is 6.07 Å². The molecule has 0 spiro atoms. The van der Waals surface area contributed by atoms with Crippen molar-refractivity contribution in [3.8, 4) is 0 Å². The van der Waals surface area contributed by atoms with E-state index >= 15 is 0 Å². The van der Waals surface area contributed by atoms with Crippen LogP contribution < -0.4 is 11.5 Å². The molecule has 5 heteroatoms. The predicted octanol–water partition coefficient (Wildman–Crippen LogP) is 2.42. The molecule has 0 aliphatic carbocycles. The van der Waals surface area contributed by atoms with Gasteiger partial charge in [-0.25, -0.2) is 4.98 Å². The van der Waals surface area contributed by atoms with E-state index < -0.39 is 0 Å². The van der Waals surface area contributed by atoms with Gasteiger partial charge in [-0.15, -0.1) is 0 Å². The summed E-state index contributed by atoms with van der Waals surface area (Å²) in [5.41, 5.74) is 14.4. The van der Waals surface area contributed by atoms with Crippen LogP contribution in [0.15, 0.2) is 42.5 Å². The van der Waals surface area contributed by atoms with Gasteiger partial charge in [-0.05, 0) is 29.7 Å². The molecule has 0 atom stereocenters. The molecule has 0 bridgehead atoms. The molecule has 0 radical (unpaired) electrons. The number of aryl methyl sites for hydroxylation is 1. The van der Waals surface area contributed by atoms with Crippen molar-refractivity contribution in [1.29, 1.82) is 5.41 Å². The number of hydrogen-bond donors (Lipinski definition) is 3. The smallest absolute Gasteiger partial charge is 0.151 e. The molecule has 1 heterocycles. The number of rotatable bonds is 5. The first-order valence-corrected chi connectivity index (χ1v) is 7.38. The number of nitrogens with one attached hydrogen (secondary N) is 1. The third-order valence-corrected chi connectivity index (χ3v) is 3.60. The first-order chi connectivity index (χ1) is 9.63. The number of aromatic nitrogens is 1. The van der Waals surface area contributed by atoms with Crippen molar-refractivity contribution in [2.45, 2.75) is 12.8 Å². The molecular formula is C15H18N4S. The second-order valence-electron chi connectivity index (χ2n) is 4.51. The van der Waals surface area contributed by atoms with Crippen molar-refractivity contribution in [2.24, 2.45) is 5.73 Å². The van der Waals surface area contributed by atoms with Crippen molar-refractivity contribution in [2.75, 3.05) is 11.5 Å². The summed E-state index contributed by atoms with van der Waals surface area (Å²) in [6.45, 7) is 0. The summed E-state index contributed by atoms with van der Waals surface area (Å²) in [4.78, 5) is 4.30. The van der Waals surface area contributed by atoms with E-state index in [2.05, 4.69) is 29.2 Å². The van der Waals surface area contributed by atoms with E-state index in [-0.39, 0.29) is 5.17 Å². The van der Waals surface area contributed by atoms with Crippen LogP contribution in [0.3, 0.4) is 0 Å². The zero-order chi connectivity index (χ0) is 14.4. The summed E-state index contributed by atoms with van der Waals surface area (Å²) in [6, 6.07) is 14.1. The number of pyridine rings is 1. The number of nitrogen functional groups attached to an aromatic ring is 1. The Labute approximate surface area is 123 Å². The topological polar surface area (TPSA) is 88.8 Å². The summed E-state index contributed by atoms with van der Waals surface area (Å²) >= 11 is 1.37. The largest absolute Gasteiger partial charge is 0.384 e. The quantitative estimate of drug-likeness (QED) is 0.582. The minimum Gasteiger partial charge on any atom is -0.384 e. The summed E-state index contributed by atoms with van der Waals surface area (Å²) in [6.07, 6.45) is 1.70. The van der Waals surface area contributed by atoms with Crippen LogP contribution in [-0.4, -0.2) is 15.9 Å². The lowest BCUT2D eigenvalue weighted by molar-refractivity contribution is 1.07. The monoisotopic (exact) mass is 286 g/mol. The number of nitrogens with two attached hydrogens (primary N) is 2. The summed E-state index contributed by atoms with van der Waals surface area (Å²) in [5.74, 6) is 1.39. The maximum atomic E-state index is 7.16. The van der Waals surface area contributed by atoms with E-state index in [0.717, 1.165) is 24.3 Å². The number of amidine groups is 1. The number of hydrogen-bond acceptors (Lipinski definition) is 4. The first kappa shape index (κ1) is 14.4. The van der Waals surface area contributed by atoms with Gasteiger partial charge in [0.1, 0.15) is 5.82 Å². The van der Waals surface area contributed by atoms with Gasteiger partial charge in [0.05, 0.1) is 0 Å². The van der Waals surface area contributed by atoms with Gasteiger partial charge in [0.2, 0.25) is 0 Å². The molecular weight excluding hydrogens is 268 g/mol. The summed E-state index contributed by atoms with van der Waals surface area (Å²) in [7, 11) is 0. The molecule has 0 aliphatic rings. The average molecular weight is 286 g/mol. The van der Waals surface area contributed by atoms with E-state index in [0.29, 0.717) is 5.82 Å². The fourth-order valence-corrected chi connectivity index (χ4v) is 2.47. The Kier molecular flexibility index (Phi) is 5.01. The zero-order valence-electron chi connectivity index (χ0n) is 11.2. The van der Waals surface area contributed by atoms with E-state index in [1.165, 1.54) is 22.9 Å². The third kappa shape index (κ3) is 4.59. The molecule has 1 aromatic carbocycles. The van der Waals surface area contributed by atoms with Crippen LogP contribution in [-0.2, 0) is 12.8 Å². The number of anilines is 1. The molecule has 0 aliphatic heterocycles. The van der Waals surface area contributed by atoms with Crippen LogP contribution in [0.5, 0.6) is 0 Å². The zero-order valence-corrected chi connectivity index (χ0v) is 12.0. The Balaban J connectivity index is 1.93. The van der Waals surface area contributed by atoms with E-state index in [4.69, 9.17) is 16.9 Å². The third-order valence-electron chi connectivity index (χ3n) is 2.88. The molecule has 2 rings (SSSR count). The SMILES string of the molecule is N=C(N)SCCc1ccc(Cc2cccc(N)n2)cc1. The van der Waals surface area contributed by atoms with E-state index in [1.807, 2.05) is 12.1 Å². The molecule has 104 valence electrons. The lowest BCUT2D eigenvalue weighted by Crippen LogP contribution is -2.05. The summed E-state index contributed by atoms with van der Waals surface area (Å²) in [5, 5.41) is 7.34. The number of nitrogens with zero attached hydrogens (tertiary/aromatic N) is 1. The van der Waals surface area contributed by atoms with Crippen molar-refractivity contribution in [1.82, 2.24) is 4.98 Å².